The quantitative estimate of drug-likeness (QED) is 0.910. The maximum Gasteiger partial charge on any atom is 0.228 e. The summed E-state index contributed by atoms with van der Waals surface area (Å²) in [5, 5.41) is 6.26. The van der Waals surface area contributed by atoms with Crippen LogP contribution in [0.4, 0.5) is 10.1 Å². The zero-order valence-corrected chi connectivity index (χ0v) is 11.7. The van der Waals surface area contributed by atoms with Gasteiger partial charge in [-0.15, -0.1) is 0 Å². The number of anilines is 1. The van der Waals surface area contributed by atoms with Crippen molar-refractivity contribution in [1.29, 1.82) is 0 Å². The first-order valence-electron chi connectivity index (χ1n) is 7.08. The van der Waals surface area contributed by atoms with E-state index in [9.17, 15) is 9.18 Å². The molecule has 0 atom stereocenters. The van der Waals surface area contributed by atoms with Crippen molar-refractivity contribution in [2.75, 3.05) is 11.9 Å². The normalized spacial score (nSPS) is 13.6. The van der Waals surface area contributed by atoms with Gasteiger partial charge in [-0.3, -0.25) is 4.79 Å². The van der Waals surface area contributed by atoms with E-state index in [0.717, 1.165) is 25.2 Å². The van der Waals surface area contributed by atoms with Gasteiger partial charge in [0.15, 0.2) is 0 Å². The Kier molecular flexibility index (Phi) is 3.97. The first-order chi connectivity index (χ1) is 10.2. The highest BCUT2D eigenvalue weighted by Crippen LogP contribution is 2.23. The average molecular weight is 284 g/mol. The lowest BCUT2D eigenvalue weighted by atomic mass is 9.99. The Bertz CT molecular complexity index is 670. The Morgan fingerprint density at radius 3 is 2.95 bits per heavy atom. The first-order valence-corrected chi connectivity index (χ1v) is 7.08. The Labute approximate surface area is 123 Å². The van der Waals surface area contributed by atoms with E-state index in [1.54, 1.807) is 12.1 Å². The SMILES string of the molecule is O=C(Cc1cccc(F)c1)Nc1cccc2c1CCNC2. The van der Waals surface area contributed by atoms with Gasteiger partial charge in [-0.05, 0) is 47.9 Å². The van der Waals surface area contributed by atoms with E-state index >= 15 is 0 Å². The van der Waals surface area contributed by atoms with E-state index < -0.39 is 0 Å². The monoisotopic (exact) mass is 284 g/mol. The number of halogens is 1. The van der Waals surface area contributed by atoms with E-state index in [-0.39, 0.29) is 18.1 Å². The number of hydrogen-bond donors (Lipinski definition) is 2. The zero-order chi connectivity index (χ0) is 14.7. The molecule has 2 N–H and O–H groups in total. The standard InChI is InChI=1S/C17H17FN2O/c18-14-5-1-3-12(9-14)10-17(21)20-16-6-2-4-13-11-19-8-7-15(13)16/h1-6,9,19H,7-8,10-11H2,(H,20,21). The Morgan fingerprint density at radius 2 is 2.10 bits per heavy atom. The number of carbonyl (C=O) groups excluding carboxylic acids is 1. The fraction of sp³-hybridized carbons (Fsp3) is 0.235. The molecule has 0 unspecified atom stereocenters. The first kappa shape index (κ1) is 13.8. The molecule has 108 valence electrons. The van der Waals surface area contributed by atoms with Gasteiger partial charge in [0, 0.05) is 12.2 Å². The van der Waals surface area contributed by atoms with Crippen molar-refractivity contribution in [2.45, 2.75) is 19.4 Å². The number of nitrogens with one attached hydrogen (secondary N) is 2. The zero-order valence-electron chi connectivity index (χ0n) is 11.7. The van der Waals surface area contributed by atoms with Crippen LogP contribution in [-0.2, 0) is 24.2 Å². The summed E-state index contributed by atoms with van der Waals surface area (Å²) >= 11 is 0. The van der Waals surface area contributed by atoms with Crippen molar-refractivity contribution in [1.82, 2.24) is 5.32 Å². The highest BCUT2D eigenvalue weighted by atomic mass is 19.1. The molecule has 4 heteroatoms. The second-order valence-corrected chi connectivity index (χ2v) is 5.22. The molecular formula is C17H17FN2O. The molecule has 21 heavy (non-hydrogen) atoms. The molecule has 0 aliphatic carbocycles. The van der Waals surface area contributed by atoms with Crippen LogP contribution < -0.4 is 10.6 Å². The van der Waals surface area contributed by atoms with Gasteiger partial charge < -0.3 is 10.6 Å². The highest BCUT2D eigenvalue weighted by molar-refractivity contribution is 5.93. The summed E-state index contributed by atoms with van der Waals surface area (Å²) in [6, 6.07) is 12.1. The van der Waals surface area contributed by atoms with Crippen LogP contribution >= 0.6 is 0 Å². The van der Waals surface area contributed by atoms with E-state index in [1.165, 1.54) is 23.3 Å². The minimum atomic E-state index is -0.316. The van der Waals surface area contributed by atoms with Crippen LogP contribution in [0.3, 0.4) is 0 Å². The molecular weight excluding hydrogens is 267 g/mol. The Hall–Kier alpha value is -2.20. The summed E-state index contributed by atoms with van der Waals surface area (Å²) in [4.78, 5) is 12.1. The van der Waals surface area contributed by atoms with Crippen molar-refractivity contribution in [2.24, 2.45) is 0 Å². The van der Waals surface area contributed by atoms with Crippen molar-refractivity contribution < 1.29 is 9.18 Å². The van der Waals surface area contributed by atoms with Gasteiger partial charge in [-0.25, -0.2) is 4.39 Å². The van der Waals surface area contributed by atoms with Crippen LogP contribution in [0.15, 0.2) is 42.5 Å². The third-order valence-electron chi connectivity index (χ3n) is 3.67. The number of rotatable bonds is 3. The molecule has 0 aromatic heterocycles. The Balaban J connectivity index is 1.73. The third kappa shape index (κ3) is 3.28. The predicted octanol–water partition coefficient (Wildman–Crippen LogP) is 2.65. The highest BCUT2D eigenvalue weighted by Gasteiger charge is 2.14. The maximum atomic E-state index is 13.1. The van der Waals surface area contributed by atoms with Gasteiger partial charge in [0.25, 0.3) is 0 Å². The number of hydrogen-bond acceptors (Lipinski definition) is 2. The molecule has 1 aliphatic heterocycles. The lowest BCUT2D eigenvalue weighted by Gasteiger charge is -2.20. The average Bonchev–Trinajstić information content (AvgIpc) is 2.47. The smallest absolute Gasteiger partial charge is 0.228 e. The lowest BCUT2D eigenvalue weighted by molar-refractivity contribution is -0.115. The van der Waals surface area contributed by atoms with Crippen LogP contribution in [0, 0.1) is 5.82 Å². The van der Waals surface area contributed by atoms with Gasteiger partial charge in [-0.1, -0.05) is 24.3 Å². The van der Waals surface area contributed by atoms with E-state index in [4.69, 9.17) is 0 Å². The van der Waals surface area contributed by atoms with Gasteiger partial charge in [0.1, 0.15) is 5.82 Å². The predicted molar refractivity (Wildman–Crippen MR) is 80.6 cm³/mol. The number of benzene rings is 2. The van der Waals surface area contributed by atoms with Gasteiger partial charge in [0.05, 0.1) is 6.42 Å². The summed E-state index contributed by atoms with van der Waals surface area (Å²) in [6.45, 7) is 1.76. The summed E-state index contributed by atoms with van der Waals surface area (Å²) < 4.78 is 13.1. The molecule has 3 rings (SSSR count). The van der Waals surface area contributed by atoms with E-state index in [2.05, 4.69) is 16.7 Å². The van der Waals surface area contributed by atoms with Crippen molar-refractivity contribution in [3.63, 3.8) is 0 Å². The molecule has 2 aromatic rings. The molecule has 0 radical (unpaired) electrons. The fourth-order valence-corrected chi connectivity index (χ4v) is 2.68. The topological polar surface area (TPSA) is 41.1 Å². The molecule has 3 nitrogen and oxygen atoms in total. The molecule has 0 saturated carbocycles. The molecule has 1 heterocycles. The van der Waals surface area contributed by atoms with Crippen molar-refractivity contribution in [3.05, 3.63) is 65.0 Å². The summed E-state index contributed by atoms with van der Waals surface area (Å²) in [5.41, 5.74) is 3.98. The van der Waals surface area contributed by atoms with E-state index in [0.29, 0.717) is 5.56 Å². The second-order valence-electron chi connectivity index (χ2n) is 5.22. The van der Waals surface area contributed by atoms with Gasteiger partial charge in [-0.2, -0.15) is 0 Å². The van der Waals surface area contributed by atoms with Crippen molar-refractivity contribution >= 4 is 11.6 Å². The van der Waals surface area contributed by atoms with E-state index in [1.807, 2.05) is 12.1 Å². The summed E-state index contributed by atoms with van der Waals surface area (Å²) in [6.07, 6.45) is 1.09. The summed E-state index contributed by atoms with van der Waals surface area (Å²) in [5.74, 6) is -0.434. The minimum absolute atomic E-state index is 0.118. The lowest BCUT2D eigenvalue weighted by Crippen LogP contribution is -2.25. The summed E-state index contributed by atoms with van der Waals surface area (Å²) in [7, 11) is 0. The molecule has 0 spiro atoms. The third-order valence-corrected chi connectivity index (χ3v) is 3.67. The van der Waals surface area contributed by atoms with Crippen LogP contribution in [-0.4, -0.2) is 12.5 Å². The number of fused-ring (bicyclic) bond motifs is 1. The largest absolute Gasteiger partial charge is 0.326 e. The van der Waals surface area contributed by atoms with Crippen LogP contribution in [0.1, 0.15) is 16.7 Å². The van der Waals surface area contributed by atoms with Gasteiger partial charge >= 0.3 is 0 Å². The minimum Gasteiger partial charge on any atom is -0.326 e. The molecule has 0 saturated heterocycles. The maximum absolute atomic E-state index is 13.1. The number of amides is 1. The molecule has 2 aromatic carbocycles. The fourth-order valence-electron chi connectivity index (χ4n) is 2.68. The molecule has 0 bridgehead atoms. The Morgan fingerprint density at radius 1 is 1.24 bits per heavy atom. The molecule has 1 aliphatic rings. The second kappa shape index (κ2) is 6.06. The van der Waals surface area contributed by atoms with Crippen LogP contribution in [0.25, 0.3) is 0 Å². The molecule has 0 fully saturated rings. The van der Waals surface area contributed by atoms with Crippen molar-refractivity contribution in [3.8, 4) is 0 Å². The van der Waals surface area contributed by atoms with Crippen LogP contribution in [0.2, 0.25) is 0 Å². The van der Waals surface area contributed by atoms with Gasteiger partial charge in [0.2, 0.25) is 5.91 Å². The number of carbonyl (C=O) groups is 1. The van der Waals surface area contributed by atoms with Crippen LogP contribution in [0.5, 0.6) is 0 Å². The molecule has 1 amide bonds.